The van der Waals surface area contributed by atoms with Crippen molar-refractivity contribution in [2.45, 2.75) is 0 Å². The van der Waals surface area contributed by atoms with E-state index >= 15 is 0 Å². The van der Waals surface area contributed by atoms with Gasteiger partial charge in [-0.15, -0.1) is 0 Å². The van der Waals surface area contributed by atoms with Gasteiger partial charge in [0.15, 0.2) is 0 Å². The van der Waals surface area contributed by atoms with Gasteiger partial charge in [0.25, 0.3) is 0 Å². The van der Waals surface area contributed by atoms with Crippen LogP contribution < -0.4 is 8.45 Å². The molecule has 0 aliphatic heterocycles. The number of rotatable bonds is 0. The molecule has 2 aromatic heterocycles. The molecule has 0 spiro atoms. The summed E-state index contributed by atoms with van der Waals surface area (Å²) in [5.41, 5.74) is 1.58. The van der Waals surface area contributed by atoms with E-state index in [9.17, 15) is 0 Å². The average Bonchev–Trinajstić information content (AvgIpc) is 3.13. The minimum atomic E-state index is -0.209. The first kappa shape index (κ1) is 14.2. The van der Waals surface area contributed by atoms with Crippen LogP contribution in [-0.2, 0) is 0 Å². The SMILES string of the molecule is [C-]#[N+]C([N+]#[C-])=c1nc2ccc3n/c(=C(\C#N)[N+]#[C-])[se]c3c2[se]1. The summed E-state index contributed by atoms with van der Waals surface area (Å²) < 4.78 is 3.12. The molecule has 22 heavy (non-hydrogen) atoms. The van der Waals surface area contributed by atoms with Gasteiger partial charge in [0, 0.05) is 0 Å². The van der Waals surface area contributed by atoms with Crippen molar-refractivity contribution in [3.8, 4) is 6.07 Å². The molecule has 3 rings (SSSR count). The van der Waals surface area contributed by atoms with E-state index < -0.39 is 0 Å². The van der Waals surface area contributed by atoms with Gasteiger partial charge in [-0.3, -0.25) is 0 Å². The van der Waals surface area contributed by atoms with Crippen molar-refractivity contribution in [1.82, 2.24) is 9.97 Å². The van der Waals surface area contributed by atoms with Crippen molar-refractivity contribution in [2.24, 2.45) is 0 Å². The van der Waals surface area contributed by atoms with E-state index in [1.165, 1.54) is 0 Å². The molecule has 6 nitrogen and oxygen atoms in total. The molecule has 1 aromatic carbocycles. The van der Waals surface area contributed by atoms with Crippen LogP contribution in [0.3, 0.4) is 0 Å². The Morgan fingerprint density at radius 1 is 0.955 bits per heavy atom. The quantitative estimate of drug-likeness (QED) is 0.396. The van der Waals surface area contributed by atoms with Gasteiger partial charge < -0.3 is 0 Å². The fraction of sp³-hybridized carbons (Fsp3) is 0. The number of benzene rings is 1. The van der Waals surface area contributed by atoms with Gasteiger partial charge in [0.2, 0.25) is 0 Å². The molecule has 2 heterocycles. The van der Waals surface area contributed by atoms with Gasteiger partial charge in [-0.25, -0.2) is 0 Å². The van der Waals surface area contributed by atoms with Crippen LogP contribution in [-0.4, -0.2) is 39.0 Å². The fourth-order valence-corrected chi connectivity index (χ4v) is 6.66. The van der Waals surface area contributed by atoms with E-state index in [4.69, 9.17) is 25.0 Å². The first-order valence-electron chi connectivity index (χ1n) is 5.69. The molecule has 0 N–H and O–H groups in total. The Morgan fingerprint density at radius 2 is 1.50 bits per heavy atom. The zero-order chi connectivity index (χ0) is 15.7. The van der Waals surface area contributed by atoms with Crippen molar-refractivity contribution in [1.29, 1.82) is 5.26 Å². The van der Waals surface area contributed by atoms with Crippen LogP contribution in [0.2, 0.25) is 0 Å². The summed E-state index contributed by atoms with van der Waals surface area (Å²) in [5.74, 6) is 0.0158. The van der Waals surface area contributed by atoms with Crippen LogP contribution in [0.15, 0.2) is 12.1 Å². The van der Waals surface area contributed by atoms with Gasteiger partial charge in [-0.05, 0) is 0 Å². The third-order valence-electron chi connectivity index (χ3n) is 2.74. The predicted molar refractivity (Wildman–Crippen MR) is 82.4 cm³/mol. The zero-order valence-electron chi connectivity index (χ0n) is 10.7. The fourth-order valence-electron chi connectivity index (χ4n) is 1.81. The maximum atomic E-state index is 8.98. The Kier molecular flexibility index (Phi) is 3.62. The standard InChI is InChI=1S/C14H2N6Se2/c1-16-9(6-15)13-19-7-4-5-8-11(10(7)21-13)22-14(20-8)12(17-2)18-3/h4-5H/b13-9-. The summed E-state index contributed by atoms with van der Waals surface area (Å²) in [6.07, 6.45) is 0. The Bertz CT molecular complexity index is 1090. The Hall–Kier alpha value is -2.70. The molecule has 0 saturated heterocycles. The number of nitriles is 1. The zero-order valence-corrected chi connectivity index (χ0v) is 14.1. The average molecular weight is 412 g/mol. The second kappa shape index (κ2) is 5.59. The Labute approximate surface area is 136 Å². The van der Waals surface area contributed by atoms with Crippen LogP contribution in [0.25, 0.3) is 45.6 Å². The van der Waals surface area contributed by atoms with Crippen LogP contribution in [0.4, 0.5) is 0 Å². The molecule has 0 radical (unpaired) electrons. The molecule has 0 bridgehead atoms. The molecular formula is C14H2N6Se2. The molecule has 3 aromatic rings. The van der Waals surface area contributed by atoms with Gasteiger partial charge in [-0.1, -0.05) is 0 Å². The van der Waals surface area contributed by atoms with Crippen LogP contribution in [0, 0.1) is 31.0 Å². The van der Waals surface area contributed by atoms with Crippen LogP contribution in [0.5, 0.6) is 0 Å². The number of hydrogen-bond donors (Lipinski definition) is 0. The number of nitrogens with zero attached hydrogens (tertiary/aromatic N) is 6. The van der Waals surface area contributed by atoms with Crippen molar-refractivity contribution >= 4 is 60.1 Å². The molecule has 100 valence electrons. The third kappa shape index (κ3) is 2.14. The summed E-state index contributed by atoms with van der Waals surface area (Å²) in [6, 6.07) is 5.52. The molecular weight excluding hydrogens is 410 g/mol. The molecule has 0 aliphatic rings. The van der Waals surface area contributed by atoms with E-state index in [1.54, 1.807) is 0 Å². The summed E-state index contributed by atoms with van der Waals surface area (Å²) >= 11 is -0.415. The molecule has 0 atom stereocenters. The van der Waals surface area contributed by atoms with Gasteiger partial charge >= 0.3 is 136 Å². The van der Waals surface area contributed by atoms with Crippen molar-refractivity contribution in [2.75, 3.05) is 0 Å². The number of aromatic nitrogens is 2. The minimum absolute atomic E-state index is 0.0158. The molecule has 0 amide bonds. The Balaban J connectivity index is 2.50. The molecule has 8 heteroatoms. The monoisotopic (exact) mass is 414 g/mol. The second-order valence-electron chi connectivity index (χ2n) is 3.92. The Morgan fingerprint density at radius 3 is 2.00 bits per heavy atom. The summed E-state index contributed by atoms with van der Waals surface area (Å²) in [5, 5.41) is 8.98. The van der Waals surface area contributed by atoms with E-state index in [-0.39, 0.29) is 40.5 Å². The van der Waals surface area contributed by atoms with Crippen LogP contribution in [0.1, 0.15) is 0 Å². The maximum absolute atomic E-state index is 8.98. The number of fused-ring (bicyclic) bond motifs is 3. The molecule has 0 unspecified atom stereocenters. The van der Waals surface area contributed by atoms with E-state index in [1.807, 2.05) is 18.2 Å². The second-order valence-corrected chi connectivity index (χ2v) is 8.11. The van der Waals surface area contributed by atoms with Crippen LogP contribution >= 0.6 is 0 Å². The summed E-state index contributed by atoms with van der Waals surface area (Å²) in [7, 11) is 0. The summed E-state index contributed by atoms with van der Waals surface area (Å²) in [6.45, 7) is 21.1. The summed E-state index contributed by atoms with van der Waals surface area (Å²) in [4.78, 5) is 18.4. The molecule has 0 aliphatic carbocycles. The molecule has 0 saturated carbocycles. The first-order valence-corrected chi connectivity index (χ1v) is 9.11. The van der Waals surface area contributed by atoms with E-state index in [0.29, 0.717) is 8.45 Å². The van der Waals surface area contributed by atoms with E-state index in [2.05, 4.69) is 24.5 Å². The van der Waals surface area contributed by atoms with Gasteiger partial charge in [-0.2, -0.15) is 0 Å². The predicted octanol–water partition coefficient (Wildman–Crippen LogP) is 0.352. The topological polar surface area (TPSA) is 62.6 Å². The third-order valence-corrected chi connectivity index (χ3v) is 7.96. The first-order chi connectivity index (χ1) is 10.7. The van der Waals surface area contributed by atoms with Gasteiger partial charge in [0.1, 0.15) is 0 Å². The van der Waals surface area contributed by atoms with Crippen molar-refractivity contribution < 1.29 is 0 Å². The number of hydrogen-bond acceptors (Lipinski definition) is 3. The van der Waals surface area contributed by atoms with Crippen molar-refractivity contribution in [3.63, 3.8) is 0 Å². The van der Waals surface area contributed by atoms with E-state index in [0.717, 1.165) is 19.6 Å². The normalized spacial score (nSPS) is 11.3. The molecule has 0 fully saturated rings. The van der Waals surface area contributed by atoms with Gasteiger partial charge in [0.05, 0.1) is 0 Å². The van der Waals surface area contributed by atoms with Crippen molar-refractivity contribution in [3.05, 3.63) is 54.8 Å².